The van der Waals surface area contributed by atoms with Gasteiger partial charge in [-0.3, -0.25) is 4.79 Å². The first-order valence-electron chi connectivity index (χ1n) is 9.19. The number of hydrogen-bond acceptors (Lipinski definition) is 5. The zero-order valence-electron chi connectivity index (χ0n) is 16.1. The van der Waals surface area contributed by atoms with E-state index in [2.05, 4.69) is 20.8 Å². The number of nitrogens with one attached hydrogen (secondary N) is 2. The average molecular weight is 376 g/mol. The highest BCUT2D eigenvalue weighted by Gasteiger charge is 2.08. The van der Waals surface area contributed by atoms with E-state index in [1.165, 1.54) is 5.56 Å². The third-order valence-corrected chi connectivity index (χ3v) is 4.36. The number of carbonyl (C=O) groups excluding carboxylic acids is 1. The van der Waals surface area contributed by atoms with E-state index in [9.17, 15) is 4.79 Å². The van der Waals surface area contributed by atoms with Gasteiger partial charge in [0.05, 0.1) is 7.11 Å². The molecular formula is C22H24N4O2. The standard InChI is InChI=1S/C22H24N4O2/c1-16-7-9-17(10-8-16)15-24-22(27)19-11-12-21(26-25-19)23-14-13-18-5-3-4-6-20(18)28-2/h3-12H,13-15H2,1-2H3,(H,23,26)(H,24,27). The number of anilines is 1. The Labute approximate surface area is 165 Å². The number of ether oxygens (including phenoxy) is 1. The molecule has 144 valence electrons. The van der Waals surface area contributed by atoms with Gasteiger partial charge in [0.25, 0.3) is 5.91 Å². The second-order valence-electron chi connectivity index (χ2n) is 6.46. The summed E-state index contributed by atoms with van der Waals surface area (Å²) < 4.78 is 5.35. The average Bonchev–Trinajstić information content (AvgIpc) is 2.74. The van der Waals surface area contributed by atoms with E-state index in [1.54, 1.807) is 19.2 Å². The minimum absolute atomic E-state index is 0.242. The number of benzene rings is 2. The zero-order valence-corrected chi connectivity index (χ0v) is 16.1. The molecule has 0 bridgehead atoms. The van der Waals surface area contributed by atoms with E-state index < -0.39 is 0 Å². The van der Waals surface area contributed by atoms with Gasteiger partial charge >= 0.3 is 0 Å². The second-order valence-corrected chi connectivity index (χ2v) is 6.46. The highest BCUT2D eigenvalue weighted by molar-refractivity contribution is 5.92. The Morgan fingerprint density at radius 3 is 2.50 bits per heavy atom. The van der Waals surface area contributed by atoms with Crippen molar-refractivity contribution in [2.45, 2.75) is 19.9 Å². The first-order valence-corrected chi connectivity index (χ1v) is 9.19. The lowest BCUT2D eigenvalue weighted by molar-refractivity contribution is 0.0945. The van der Waals surface area contributed by atoms with E-state index in [4.69, 9.17) is 4.74 Å². The van der Waals surface area contributed by atoms with Crippen molar-refractivity contribution in [1.82, 2.24) is 15.5 Å². The summed E-state index contributed by atoms with van der Waals surface area (Å²) in [6.07, 6.45) is 0.796. The fraction of sp³-hybridized carbons (Fsp3) is 0.227. The molecule has 0 aliphatic rings. The van der Waals surface area contributed by atoms with Crippen LogP contribution in [0.5, 0.6) is 5.75 Å². The maximum Gasteiger partial charge on any atom is 0.272 e. The number of aryl methyl sites for hydroxylation is 1. The molecule has 0 atom stereocenters. The molecule has 0 unspecified atom stereocenters. The first-order chi connectivity index (χ1) is 13.7. The van der Waals surface area contributed by atoms with Crippen molar-refractivity contribution in [3.05, 3.63) is 83.0 Å². The van der Waals surface area contributed by atoms with Gasteiger partial charge in [-0.05, 0) is 42.7 Å². The molecular weight excluding hydrogens is 352 g/mol. The monoisotopic (exact) mass is 376 g/mol. The summed E-state index contributed by atoms with van der Waals surface area (Å²) in [7, 11) is 1.67. The molecule has 6 heteroatoms. The molecule has 28 heavy (non-hydrogen) atoms. The van der Waals surface area contributed by atoms with E-state index in [-0.39, 0.29) is 5.91 Å². The highest BCUT2D eigenvalue weighted by Crippen LogP contribution is 2.17. The molecule has 0 saturated carbocycles. The molecule has 3 rings (SSSR count). The SMILES string of the molecule is COc1ccccc1CCNc1ccc(C(=O)NCc2ccc(C)cc2)nn1. The maximum atomic E-state index is 12.2. The van der Waals surface area contributed by atoms with Crippen molar-refractivity contribution in [2.24, 2.45) is 0 Å². The molecule has 0 spiro atoms. The minimum Gasteiger partial charge on any atom is -0.496 e. The van der Waals surface area contributed by atoms with Crippen LogP contribution in [0, 0.1) is 6.92 Å². The Kier molecular flexibility index (Phi) is 6.57. The van der Waals surface area contributed by atoms with Gasteiger partial charge in [0.1, 0.15) is 11.6 Å². The Morgan fingerprint density at radius 2 is 1.79 bits per heavy atom. The van der Waals surface area contributed by atoms with Crippen LogP contribution in [0.4, 0.5) is 5.82 Å². The highest BCUT2D eigenvalue weighted by atomic mass is 16.5. The van der Waals surface area contributed by atoms with Crippen LogP contribution in [-0.2, 0) is 13.0 Å². The lowest BCUT2D eigenvalue weighted by Gasteiger charge is -2.09. The van der Waals surface area contributed by atoms with Crippen molar-refractivity contribution in [3.63, 3.8) is 0 Å². The van der Waals surface area contributed by atoms with Gasteiger partial charge in [-0.25, -0.2) is 0 Å². The number of para-hydroxylation sites is 1. The topological polar surface area (TPSA) is 76.1 Å². The molecule has 6 nitrogen and oxygen atoms in total. The molecule has 1 amide bonds. The quantitative estimate of drug-likeness (QED) is 0.630. The molecule has 2 aromatic carbocycles. The van der Waals surface area contributed by atoms with Crippen molar-refractivity contribution in [3.8, 4) is 5.75 Å². The van der Waals surface area contributed by atoms with Crippen LogP contribution in [0.25, 0.3) is 0 Å². The number of amides is 1. The van der Waals surface area contributed by atoms with Gasteiger partial charge in [0.2, 0.25) is 0 Å². The largest absolute Gasteiger partial charge is 0.496 e. The van der Waals surface area contributed by atoms with Crippen LogP contribution in [0.15, 0.2) is 60.7 Å². The van der Waals surface area contributed by atoms with Crippen molar-refractivity contribution in [2.75, 3.05) is 19.0 Å². The van der Waals surface area contributed by atoms with Crippen LogP contribution in [0.2, 0.25) is 0 Å². The Bertz CT molecular complexity index is 909. The summed E-state index contributed by atoms with van der Waals surface area (Å²) in [5, 5.41) is 14.2. The Hall–Kier alpha value is -3.41. The fourth-order valence-corrected chi connectivity index (χ4v) is 2.76. The molecule has 0 aliphatic carbocycles. The Morgan fingerprint density at radius 1 is 1.00 bits per heavy atom. The number of nitrogens with zero attached hydrogens (tertiary/aromatic N) is 2. The third kappa shape index (κ3) is 5.30. The summed E-state index contributed by atoms with van der Waals surface area (Å²) in [6.45, 7) is 3.18. The van der Waals surface area contributed by atoms with Gasteiger partial charge in [0, 0.05) is 13.1 Å². The van der Waals surface area contributed by atoms with Crippen LogP contribution in [0.1, 0.15) is 27.2 Å². The van der Waals surface area contributed by atoms with E-state index in [1.807, 2.05) is 55.5 Å². The maximum absolute atomic E-state index is 12.2. The lowest BCUT2D eigenvalue weighted by atomic mass is 10.1. The second kappa shape index (κ2) is 9.50. The number of methoxy groups -OCH3 is 1. The minimum atomic E-state index is -0.242. The van der Waals surface area contributed by atoms with Crippen LogP contribution in [0.3, 0.4) is 0 Å². The molecule has 1 aromatic heterocycles. The van der Waals surface area contributed by atoms with Gasteiger partial charge in [-0.1, -0.05) is 48.0 Å². The molecule has 3 aromatic rings. The lowest BCUT2D eigenvalue weighted by Crippen LogP contribution is -2.24. The predicted molar refractivity (Wildman–Crippen MR) is 110 cm³/mol. The normalized spacial score (nSPS) is 10.4. The van der Waals surface area contributed by atoms with Crippen LogP contribution in [-0.4, -0.2) is 29.8 Å². The smallest absolute Gasteiger partial charge is 0.272 e. The van der Waals surface area contributed by atoms with Gasteiger partial charge in [0.15, 0.2) is 5.69 Å². The number of aromatic nitrogens is 2. The van der Waals surface area contributed by atoms with Crippen LogP contribution >= 0.6 is 0 Å². The Balaban J connectivity index is 1.48. The van der Waals surface area contributed by atoms with E-state index >= 15 is 0 Å². The third-order valence-electron chi connectivity index (χ3n) is 4.36. The van der Waals surface area contributed by atoms with Gasteiger partial charge in [-0.15, -0.1) is 10.2 Å². The number of carbonyl (C=O) groups is 1. The molecule has 0 radical (unpaired) electrons. The van der Waals surface area contributed by atoms with Crippen molar-refractivity contribution in [1.29, 1.82) is 0 Å². The van der Waals surface area contributed by atoms with Crippen molar-refractivity contribution < 1.29 is 9.53 Å². The van der Waals surface area contributed by atoms with Gasteiger partial charge in [-0.2, -0.15) is 0 Å². The van der Waals surface area contributed by atoms with Crippen molar-refractivity contribution >= 4 is 11.7 Å². The summed E-state index contributed by atoms with van der Waals surface area (Å²) in [5.74, 6) is 1.26. The molecule has 2 N–H and O–H groups in total. The summed E-state index contributed by atoms with van der Waals surface area (Å²) in [4.78, 5) is 12.2. The summed E-state index contributed by atoms with van der Waals surface area (Å²) in [5.41, 5.74) is 3.65. The fourth-order valence-electron chi connectivity index (χ4n) is 2.76. The first kappa shape index (κ1) is 19.4. The number of rotatable bonds is 8. The number of hydrogen-bond donors (Lipinski definition) is 2. The van der Waals surface area contributed by atoms with E-state index in [0.29, 0.717) is 24.6 Å². The summed E-state index contributed by atoms with van der Waals surface area (Å²) >= 11 is 0. The molecule has 0 fully saturated rings. The molecule has 1 heterocycles. The zero-order chi connectivity index (χ0) is 19.8. The molecule has 0 aliphatic heterocycles. The molecule has 0 saturated heterocycles. The van der Waals surface area contributed by atoms with Crippen LogP contribution < -0.4 is 15.4 Å². The van der Waals surface area contributed by atoms with E-state index in [0.717, 1.165) is 23.3 Å². The predicted octanol–water partition coefficient (Wildman–Crippen LogP) is 3.38. The summed E-state index contributed by atoms with van der Waals surface area (Å²) in [6, 6.07) is 19.4. The van der Waals surface area contributed by atoms with Gasteiger partial charge < -0.3 is 15.4 Å².